The fourth-order valence-corrected chi connectivity index (χ4v) is 1.50. The number of halogens is 2. The number of benzene rings is 1. The number of hydrogen-bond donors (Lipinski definition) is 2. The molecule has 0 saturated carbocycles. The van der Waals surface area contributed by atoms with Crippen LogP contribution in [0.1, 0.15) is 6.92 Å². The number of aliphatic hydroxyl groups is 1. The molecular formula is C11H15BrFNO2. The van der Waals surface area contributed by atoms with Crippen molar-refractivity contribution in [1.29, 1.82) is 0 Å². The molecule has 0 radical (unpaired) electrons. The van der Waals surface area contributed by atoms with E-state index in [2.05, 4.69) is 21.2 Å². The second kappa shape index (κ2) is 6.83. The average molecular weight is 292 g/mol. The summed E-state index contributed by atoms with van der Waals surface area (Å²) in [4.78, 5) is 0. The van der Waals surface area contributed by atoms with Crippen molar-refractivity contribution in [2.75, 3.05) is 19.7 Å². The van der Waals surface area contributed by atoms with Crippen LogP contribution in [-0.4, -0.2) is 30.9 Å². The molecular weight excluding hydrogens is 277 g/mol. The van der Waals surface area contributed by atoms with Crippen LogP contribution in [0.15, 0.2) is 22.7 Å². The molecule has 1 unspecified atom stereocenters. The lowest BCUT2D eigenvalue weighted by Gasteiger charge is -2.13. The summed E-state index contributed by atoms with van der Waals surface area (Å²) in [6.07, 6.45) is -0.602. The molecule has 2 N–H and O–H groups in total. The van der Waals surface area contributed by atoms with Crippen LogP contribution in [0.25, 0.3) is 0 Å². The van der Waals surface area contributed by atoms with Gasteiger partial charge in [0.2, 0.25) is 0 Å². The predicted molar refractivity (Wildman–Crippen MR) is 64.1 cm³/mol. The topological polar surface area (TPSA) is 41.5 Å². The third-order valence-electron chi connectivity index (χ3n) is 1.95. The third-order valence-corrected chi connectivity index (χ3v) is 2.61. The van der Waals surface area contributed by atoms with Crippen molar-refractivity contribution >= 4 is 15.9 Å². The molecule has 0 aliphatic rings. The highest BCUT2D eigenvalue weighted by atomic mass is 79.9. The van der Waals surface area contributed by atoms with Crippen molar-refractivity contribution in [3.63, 3.8) is 0 Å². The summed E-state index contributed by atoms with van der Waals surface area (Å²) in [5, 5.41) is 12.5. The standard InChI is InChI=1S/C11H15BrFNO2/c1-2-14-6-9(15)7-16-11-5-8(13)3-4-10(11)12/h3-5,9,14-15H,2,6-7H2,1H3. The van der Waals surface area contributed by atoms with Crippen molar-refractivity contribution in [3.8, 4) is 5.75 Å². The molecule has 1 aromatic rings. The number of hydrogen-bond acceptors (Lipinski definition) is 3. The Labute approximate surface area is 103 Å². The normalized spacial score (nSPS) is 12.5. The maximum absolute atomic E-state index is 12.9. The first kappa shape index (κ1) is 13.4. The first-order valence-electron chi connectivity index (χ1n) is 5.10. The van der Waals surface area contributed by atoms with Gasteiger partial charge in [-0.2, -0.15) is 0 Å². The van der Waals surface area contributed by atoms with E-state index in [1.165, 1.54) is 12.1 Å². The maximum atomic E-state index is 12.9. The van der Waals surface area contributed by atoms with E-state index in [1.807, 2.05) is 6.92 Å². The quantitative estimate of drug-likeness (QED) is 0.842. The molecule has 0 aliphatic heterocycles. The number of likely N-dealkylation sites (N-methyl/N-ethyl adjacent to an activating group) is 1. The Bertz CT molecular complexity index is 336. The van der Waals surface area contributed by atoms with Gasteiger partial charge in [0, 0.05) is 12.6 Å². The molecule has 0 spiro atoms. The highest BCUT2D eigenvalue weighted by Crippen LogP contribution is 2.25. The molecule has 0 aliphatic carbocycles. The molecule has 5 heteroatoms. The number of aliphatic hydroxyl groups excluding tert-OH is 1. The second-order valence-corrected chi connectivity index (χ2v) is 4.20. The zero-order valence-electron chi connectivity index (χ0n) is 9.04. The van der Waals surface area contributed by atoms with Gasteiger partial charge in [-0.15, -0.1) is 0 Å². The predicted octanol–water partition coefficient (Wildman–Crippen LogP) is 1.94. The Morgan fingerprint density at radius 2 is 2.31 bits per heavy atom. The lowest BCUT2D eigenvalue weighted by Crippen LogP contribution is -2.31. The van der Waals surface area contributed by atoms with Gasteiger partial charge < -0.3 is 15.2 Å². The van der Waals surface area contributed by atoms with Crippen molar-refractivity contribution in [2.45, 2.75) is 13.0 Å². The van der Waals surface area contributed by atoms with E-state index in [9.17, 15) is 9.50 Å². The van der Waals surface area contributed by atoms with Gasteiger partial charge in [-0.25, -0.2) is 4.39 Å². The van der Waals surface area contributed by atoms with Crippen LogP contribution in [0.5, 0.6) is 5.75 Å². The first-order chi connectivity index (χ1) is 7.63. The van der Waals surface area contributed by atoms with Gasteiger partial charge in [-0.05, 0) is 34.6 Å². The van der Waals surface area contributed by atoms with Crippen LogP contribution < -0.4 is 10.1 Å². The number of rotatable bonds is 6. The minimum Gasteiger partial charge on any atom is -0.490 e. The third kappa shape index (κ3) is 4.47. The maximum Gasteiger partial charge on any atom is 0.136 e. The monoisotopic (exact) mass is 291 g/mol. The summed E-state index contributed by atoms with van der Waals surface area (Å²) in [5.74, 6) is 0.0370. The van der Waals surface area contributed by atoms with Crippen LogP contribution in [0.4, 0.5) is 4.39 Å². The van der Waals surface area contributed by atoms with E-state index >= 15 is 0 Å². The molecule has 0 heterocycles. The van der Waals surface area contributed by atoms with Gasteiger partial charge in [0.15, 0.2) is 0 Å². The van der Waals surface area contributed by atoms with E-state index in [4.69, 9.17) is 4.74 Å². The summed E-state index contributed by atoms with van der Waals surface area (Å²) in [5.41, 5.74) is 0. The zero-order valence-corrected chi connectivity index (χ0v) is 10.6. The molecule has 1 aromatic carbocycles. The lowest BCUT2D eigenvalue weighted by atomic mass is 10.3. The van der Waals surface area contributed by atoms with Crippen LogP contribution in [-0.2, 0) is 0 Å². The summed E-state index contributed by atoms with van der Waals surface area (Å²) in [6.45, 7) is 3.34. The number of nitrogens with one attached hydrogen (secondary N) is 1. The molecule has 16 heavy (non-hydrogen) atoms. The average Bonchev–Trinajstić information content (AvgIpc) is 2.27. The summed E-state index contributed by atoms with van der Waals surface area (Å²) in [7, 11) is 0. The highest BCUT2D eigenvalue weighted by molar-refractivity contribution is 9.10. The molecule has 0 amide bonds. The minimum absolute atomic E-state index is 0.134. The Morgan fingerprint density at radius 1 is 1.56 bits per heavy atom. The van der Waals surface area contributed by atoms with E-state index in [-0.39, 0.29) is 12.4 Å². The Kier molecular flexibility index (Phi) is 5.73. The van der Waals surface area contributed by atoms with Crippen molar-refractivity contribution in [1.82, 2.24) is 5.32 Å². The minimum atomic E-state index is -0.602. The van der Waals surface area contributed by atoms with Crippen LogP contribution in [0.3, 0.4) is 0 Å². The molecule has 0 aromatic heterocycles. The molecule has 3 nitrogen and oxygen atoms in total. The lowest BCUT2D eigenvalue weighted by molar-refractivity contribution is 0.106. The second-order valence-electron chi connectivity index (χ2n) is 3.35. The van der Waals surface area contributed by atoms with Gasteiger partial charge in [-0.1, -0.05) is 6.92 Å². The first-order valence-corrected chi connectivity index (χ1v) is 5.89. The fourth-order valence-electron chi connectivity index (χ4n) is 1.14. The smallest absolute Gasteiger partial charge is 0.136 e. The van der Waals surface area contributed by atoms with Crippen molar-refractivity contribution in [3.05, 3.63) is 28.5 Å². The van der Waals surface area contributed by atoms with Gasteiger partial charge in [0.25, 0.3) is 0 Å². The van der Waals surface area contributed by atoms with Gasteiger partial charge >= 0.3 is 0 Å². The molecule has 90 valence electrons. The summed E-state index contributed by atoms with van der Waals surface area (Å²) in [6, 6.07) is 4.19. The van der Waals surface area contributed by atoms with E-state index < -0.39 is 6.10 Å². The molecule has 1 atom stereocenters. The molecule has 0 bridgehead atoms. The number of ether oxygens (including phenoxy) is 1. The van der Waals surface area contributed by atoms with Crippen LogP contribution in [0, 0.1) is 5.82 Å². The highest BCUT2D eigenvalue weighted by Gasteiger charge is 2.07. The fraction of sp³-hybridized carbons (Fsp3) is 0.455. The van der Waals surface area contributed by atoms with E-state index in [0.29, 0.717) is 16.8 Å². The zero-order chi connectivity index (χ0) is 12.0. The summed E-state index contributed by atoms with van der Waals surface area (Å²) < 4.78 is 18.9. The van der Waals surface area contributed by atoms with Crippen molar-refractivity contribution < 1.29 is 14.2 Å². The molecule has 0 fully saturated rings. The molecule has 1 rings (SSSR count). The Balaban J connectivity index is 2.44. The van der Waals surface area contributed by atoms with Gasteiger partial charge in [0.05, 0.1) is 4.47 Å². The largest absolute Gasteiger partial charge is 0.490 e. The Morgan fingerprint density at radius 3 is 3.00 bits per heavy atom. The van der Waals surface area contributed by atoms with Crippen LogP contribution >= 0.6 is 15.9 Å². The SMILES string of the molecule is CCNCC(O)COc1cc(F)ccc1Br. The summed E-state index contributed by atoms with van der Waals surface area (Å²) >= 11 is 3.24. The Hall–Kier alpha value is -0.650. The van der Waals surface area contributed by atoms with E-state index in [0.717, 1.165) is 6.54 Å². The van der Waals surface area contributed by atoms with Crippen molar-refractivity contribution in [2.24, 2.45) is 0 Å². The molecule has 0 saturated heterocycles. The van der Waals surface area contributed by atoms with E-state index in [1.54, 1.807) is 6.07 Å². The van der Waals surface area contributed by atoms with Gasteiger partial charge in [0.1, 0.15) is 24.3 Å². The van der Waals surface area contributed by atoms with Gasteiger partial charge in [-0.3, -0.25) is 0 Å². The van der Waals surface area contributed by atoms with Crippen LogP contribution in [0.2, 0.25) is 0 Å².